The van der Waals surface area contributed by atoms with Crippen LogP contribution in [0.25, 0.3) is 10.4 Å². The quantitative estimate of drug-likeness (QED) is 0.154. The largest absolute Gasteiger partial charge is 0.394 e. The van der Waals surface area contributed by atoms with Crippen LogP contribution in [0.15, 0.2) is 50.1 Å². The zero-order valence-electron chi connectivity index (χ0n) is 15.3. The second kappa shape index (κ2) is 9.26. The summed E-state index contributed by atoms with van der Waals surface area (Å²) in [5.41, 5.74) is 7.49. The summed E-state index contributed by atoms with van der Waals surface area (Å²) in [5, 5.41) is 32.5. The minimum atomic E-state index is -1.50. The molecule has 0 amide bonds. The lowest BCUT2D eigenvalue weighted by Crippen LogP contribution is -2.38. The number of carbonyl (C=O) groups is 1. The van der Waals surface area contributed by atoms with Crippen LogP contribution in [0.2, 0.25) is 0 Å². The summed E-state index contributed by atoms with van der Waals surface area (Å²) in [6, 6.07) is 5.92. The molecule has 30 heavy (non-hydrogen) atoms. The molecule has 1 fully saturated rings. The lowest BCUT2D eigenvalue weighted by Gasteiger charge is -2.17. The monoisotopic (exact) mass is 435 g/mol. The number of benzene rings is 1. The number of aromatic nitrogens is 2. The fraction of sp³-hybridized carbons (Fsp3) is 0.353. The molecule has 158 valence electrons. The molecule has 0 saturated carbocycles. The van der Waals surface area contributed by atoms with Crippen LogP contribution in [-0.2, 0) is 4.74 Å². The number of thioether (sulfide) groups is 1. The van der Waals surface area contributed by atoms with E-state index < -0.39 is 42.4 Å². The highest BCUT2D eigenvalue weighted by Gasteiger charge is 2.43. The predicted octanol–water partition coefficient (Wildman–Crippen LogP) is 0.0649. The van der Waals surface area contributed by atoms with Gasteiger partial charge in [0.15, 0.2) is 12.0 Å². The Balaban J connectivity index is 1.77. The van der Waals surface area contributed by atoms with Gasteiger partial charge >= 0.3 is 5.69 Å². The van der Waals surface area contributed by atoms with E-state index in [2.05, 4.69) is 15.0 Å². The van der Waals surface area contributed by atoms with Gasteiger partial charge in [0, 0.05) is 22.4 Å². The minimum Gasteiger partial charge on any atom is -0.394 e. The molecule has 3 rings (SSSR count). The Morgan fingerprint density at radius 3 is 2.57 bits per heavy atom. The van der Waals surface area contributed by atoms with E-state index in [4.69, 9.17) is 10.3 Å². The fourth-order valence-electron chi connectivity index (χ4n) is 2.86. The fourth-order valence-corrected chi connectivity index (χ4v) is 3.68. The SMILES string of the molecule is [N-]=[N+]=Nc1ccc(C(=O)CSc2cn([C@H]3O[C@@H](CO)C(O)C3O)c(=O)[nH]c2=O)cc1. The van der Waals surface area contributed by atoms with Crippen LogP contribution in [0.4, 0.5) is 5.69 Å². The number of rotatable bonds is 7. The highest BCUT2D eigenvalue weighted by molar-refractivity contribution is 8.00. The summed E-state index contributed by atoms with van der Waals surface area (Å²) >= 11 is 0.871. The van der Waals surface area contributed by atoms with Crippen molar-refractivity contribution in [2.24, 2.45) is 5.11 Å². The average Bonchev–Trinajstić information content (AvgIpc) is 3.02. The molecule has 2 unspecified atom stereocenters. The maximum absolute atomic E-state index is 12.4. The molecule has 0 aliphatic carbocycles. The van der Waals surface area contributed by atoms with Gasteiger partial charge in [-0.2, -0.15) is 0 Å². The van der Waals surface area contributed by atoms with E-state index >= 15 is 0 Å². The number of aliphatic hydroxyl groups is 3. The molecule has 1 aromatic carbocycles. The molecular weight excluding hydrogens is 418 g/mol. The van der Waals surface area contributed by atoms with E-state index in [0.29, 0.717) is 11.3 Å². The minimum absolute atomic E-state index is 0.0198. The van der Waals surface area contributed by atoms with E-state index in [9.17, 15) is 29.7 Å². The van der Waals surface area contributed by atoms with Gasteiger partial charge in [-0.25, -0.2) is 4.79 Å². The Bertz CT molecular complexity index is 1090. The smallest absolute Gasteiger partial charge is 0.330 e. The summed E-state index contributed by atoms with van der Waals surface area (Å²) < 4.78 is 6.20. The summed E-state index contributed by atoms with van der Waals surface area (Å²) in [5.74, 6) is -0.435. The van der Waals surface area contributed by atoms with E-state index in [1.54, 1.807) is 0 Å². The number of azide groups is 1. The van der Waals surface area contributed by atoms with Gasteiger partial charge in [0.05, 0.1) is 17.3 Å². The predicted molar refractivity (Wildman–Crippen MR) is 105 cm³/mol. The van der Waals surface area contributed by atoms with Crippen molar-refractivity contribution < 1.29 is 24.9 Å². The number of nitrogens with zero attached hydrogens (tertiary/aromatic N) is 4. The first-order chi connectivity index (χ1) is 14.3. The van der Waals surface area contributed by atoms with Gasteiger partial charge in [-0.15, -0.1) is 11.8 Å². The zero-order valence-corrected chi connectivity index (χ0v) is 16.1. The summed E-state index contributed by atoms with van der Waals surface area (Å²) in [6.07, 6.45) is -4.19. The van der Waals surface area contributed by atoms with E-state index in [-0.39, 0.29) is 16.4 Å². The van der Waals surface area contributed by atoms with Crippen molar-refractivity contribution in [3.8, 4) is 0 Å². The number of H-pyrrole nitrogens is 1. The number of hydrogen-bond donors (Lipinski definition) is 4. The van der Waals surface area contributed by atoms with Crippen LogP contribution in [0.5, 0.6) is 0 Å². The van der Waals surface area contributed by atoms with Crippen molar-refractivity contribution in [1.82, 2.24) is 9.55 Å². The molecule has 2 aromatic rings. The van der Waals surface area contributed by atoms with Crippen LogP contribution in [0.3, 0.4) is 0 Å². The molecule has 0 bridgehead atoms. The Morgan fingerprint density at radius 2 is 1.97 bits per heavy atom. The number of Topliss-reactive ketones (excluding diaryl/α,β-unsaturated/α-hetero) is 1. The molecule has 12 nitrogen and oxygen atoms in total. The lowest BCUT2D eigenvalue weighted by atomic mass is 10.1. The number of hydrogen-bond acceptors (Lipinski definition) is 9. The topological polar surface area (TPSA) is 191 Å². The maximum Gasteiger partial charge on any atom is 0.330 e. The molecule has 13 heteroatoms. The Kier molecular flexibility index (Phi) is 6.72. The van der Waals surface area contributed by atoms with Crippen molar-refractivity contribution in [2.45, 2.75) is 29.4 Å². The third kappa shape index (κ3) is 4.46. The lowest BCUT2D eigenvalue weighted by molar-refractivity contribution is -0.0553. The van der Waals surface area contributed by atoms with Crippen LogP contribution in [0.1, 0.15) is 16.6 Å². The normalized spacial score (nSPS) is 23.2. The standard InChI is InChI=1S/C17H17N5O7S/c18-21-20-9-3-1-8(2-4-9)10(24)7-30-12-5-22(17(28)19-15(12)27)16-14(26)13(25)11(6-23)29-16/h1-5,11,13-14,16,23,25-26H,6-7H2,(H,19,27,28)/t11-,13?,14?,16-/m0/s1. The van der Waals surface area contributed by atoms with Gasteiger partial charge in [0.25, 0.3) is 5.56 Å². The molecule has 1 aromatic heterocycles. The first-order valence-corrected chi connectivity index (χ1v) is 9.63. The molecule has 1 aliphatic heterocycles. The Morgan fingerprint density at radius 1 is 1.27 bits per heavy atom. The van der Waals surface area contributed by atoms with E-state index in [1.165, 1.54) is 24.3 Å². The second-order valence-corrected chi connectivity index (χ2v) is 7.35. The van der Waals surface area contributed by atoms with Crippen molar-refractivity contribution in [3.05, 3.63) is 67.3 Å². The third-order valence-corrected chi connectivity index (χ3v) is 5.44. The van der Waals surface area contributed by atoms with Crippen LogP contribution < -0.4 is 11.2 Å². The average molecular weight is 435 g/mol. The molecule has 1 saturated heterocycles. The molecule has 2 heterocycles. The van der Waals surface area contributed by atoms with Gasteiger partial charge < -0.3 is 20.1 Å². The van der Waals surface area contributed by atoms with Gasteiger partial charge in [-0.1, -0.05) is 29.4 Å². The number of aliphatic hydroxyl groups excluding tert-OH is 3. The molecule has 4 N–H and O–H groups in total. The number of ketones is 1. The number of nitrogens with one attached hydrogen (secondary N) is 1. The Hall–Kier alpha value is -2.93. The van der Waals surface area contributed by atoms with Gasteiger partial charge in [0.1, 0.15) is 18.3 Å². The van der Waals surface area contributed by atoms with Gasteiger partial charge in [0.2, 0.25) is 0 Å². The zero-order chi connectivity index (χ0) is 21.8. The van der Waals surface area contributed by atoms with E-state index in [0.717, 1.165) is 22.5 Å². The van der Waals surface area contributed by atoms with Crippen molar-refractivity contribution >= 4 is 23.2 Å². The Labute approximate surface area is 172 Å². The molecular formula is C17H17N5O7S. The maximum atomic E-state index is 12.4. The number of ether oxygens (including phenoxy) is 1. The van der Waals surface area contributed by atoms with Crippen molar-refractivity contribution in [1.29, 1.82) is 0 Å². The van der Waals surface area contributed by atoms with Gasteiger partial charge in [-0.05, 0) is 5.53 Å². The van der Waals surface area contributed by atoms with Crippen molar-refractivity contribution in [2.75, 3.05) is 12.4 Å². The second-order valence-electron chi connectivity index (χ2n) is 6.34. The third-order valence-electron chi connectivity index (χ3n) is 4.43. The van der Waals surface area contributed by atoms with Crippen molar-refractivity contribution in [3.63, 3.8) is 0 Å². The highest BCUT2D eigenvalue weighted by atomic mass is 32.2. The van der Waals surface area contributed by atoms with Crippen LogP contribution in [-0.4, -0.2) is 61.3 Å². The van der Waals surface area contributed by atoms with E-state index in [1.807, 2.05) is 0 Å². The van der Waals surface area contributed by atoms with Crippen LogP contribution >= 0.6 is 11.8 Å². The first-order valence-electron chi connectivity index (χ1n) is 8.64. The molecule has 0 spiro atoms. The number of carbonyl (C=O) groups excluding carboxylic acids is 1. The molecule has 0 radical (unpaired) electrons. The first kappa shape index (κ1) is 21.8. The highest BCUT2D eigenvalue weighted by Crippen LogP contribution is 2.28. The van der Waals surface area contributed by atoms with Crippen LogP contribution in [0, 0.1) is 0 Å². The summed E-state index contributed by atoms with van der Waals surface area (Å²) in [7, 11) is 0. The van der Waals surface area contributed by atoms with Gasteiger partial charge in [-0.3, -0.25) is 19.1 Å². The molecule has 1 aliphatic rings. The molecule has 4 atom stereocenters. The number of aromatic amines is 1. The summed E-state index contributed by atoms with van der Waals surface area (Å²) in [4.78, 5) is 41.3. The summed E-state index contributed by atoms with van der Waals surface area (Å²) in [6.45, 7) is -0.568.